The molecule has 0 radical (unpaired) electrons. The van der Waals surface area contributed by atoms with Gasteiger partial charge in [-0.2, -0.15) is 0 Å². The Balaban J connectivity index is 1.61. The average molecular weight is 368 g/mol. The molecular weight excluding hydrogens is 348 g/mol. The first-order valence-electron chi connectivity index (χ1n) is 8.20. The van der Waals surface area contributed by atoms with Crippen molar-refractivity contribution in [2.45, 2.75) is 32.2 Å². The molecule has 7 heteroatoms. The largest absolute Gasteiger partial charge is 0.472 e. The van der Waals surface area contributed by atoms with Crippen LogP contribution in [-0.4, -0.2) is 36.8 Å². The van der Waals surface area contributed by atoms with Gasteiger partial charge < -0.3 is 9.75 Å². The zero-order valence-electron chi connectivity index (χ0n) is 13.9. The van der Waals surface area contributed by atoms with Crippen LogP contribution in [0.15, 0.2) is 57.2 Å². The molecule has 0 aromatic carbocycles. The third-order valence-corrected chi connectivity index (χ3v) is 4.44. The van der Waals surface area contributed by atoms with Crippen molar-refractivity contribution in [1.29, 1.82) is 0 Å². The van der Waals surface area contributed by atoms with Crippen LogP contribution in [0.1, 0.15) is 19.8 Å². The molecule has 4 nitrogen and oxygen atoms in total. The van der Waals surface area contributed by atoms with Crippen molar-refractivity contribution in [2.24, 2.45) is 10.9 Å². The average Bonchev–Trinajstić information content (AvgIpc) is 2.94. The highest BCUT2D eigenvalue weighted by atomic mass is 35.5. The smallest absolute Gasteiger partial charge is 0.272 e. The number of allylic oxidation sites excluding steroid dienone is 2. The number of hydrazine groups is 1. The van der Waals surface area contributed by atoms with E-state index in [1.54, 1.807) is 6.21 Å². The predicted octanol–water partition coefficient (Wildman–Crippen LogP) is 3.90. The number of hydrogen-bond acceptors (Lipinski definition) is 4. The Morgan fingerprint density at radius 3 is 3.12 bits per heavy atom. The van der Waals surface area contributed by atoms with E-state index in [0.29, 0.717) is 23.9 Å². The summed E-state index contributed by atoms with van der Waals surface area (Å²) in [6.45, 7) is 1.94. The van der Waals surface area contributed by atoms with Gasteiger partial charge in [0.15, 0.2) is 6.61 Å². The normalized spacial score (nSPS) is 27.0. The lowest BCUT2D eigenvalue weighted by Crippen LogP contribution is -2.38. The van der Waals surface area contributed by atoms with E-state index in [-0.39, 0.29) is 12.0 Å². The van der Waals surface area contributed by atoms with E-state index in [9.17, 15) is 8.78 Å². The van der Waals surface area contributed by atoms with Gasteiger partial charge in [-0.05, 0) is 31.4 Å². The van der Waals surface area contributed by atoms with Crippen LogP contribution >= 0.6 is 11.6 Å². The molecule has 0 amide bonds. The second-order valence-corrected chi connectivity index (χ2v) is 6.58. The molecule has 0 fully saturated rings. The first-order chi connectivity index (χ1) is 12.0. The number of nitrogens with one attached hydrogen (secondary N) is 1. The standard InChI is InChI=1S/C18H20ClF2N3O/c1-12-7-13(8-22-18(12)25-11-17(20)21)9-24-10-14-15(19)5-3-2-4-6-16(14)23-24/h3-4,6,8,10,13,16-17,23H,2,7,9,11H2,1H3/b6-4-. The molecule has 0 saturated heterocycles. The van der Waals surface area contributed by atoms with Gasteiger partial charge in [0.2, 0.25) is 5.88 Å². The number of ether oxygens (including phenoxy) is 1. The molecule has 2 aliphatic heterocycles. The van der Waals surface area contributed by atoms with Crippen LogP contribution in [0.5, 0.6) is 0 Å². The number of hydrogen-bond donors (Lipinski definition) is 1. The Bertz CT molecular complexity index is 705. The molecule has 2 heterocycles. The van der Waals surface area contributed by atoms with E-state index in [2.05, 4.69) is 28.3 Å². The minimum Gasteiger partial charge on any atom is -0.472 e. The van der Waals surface area contributed by atoms with Crippen molar-refractivity contribution in [1.82, 2.24) is 10.4 Å². The summed E-state index contributed by atoms with van der Waals surface area (Å²) in [5, 5.41) is 2.61. The Labute approximate surface area is 150 Å². The molecule has 2 atom stereocenters. The summed E-state index contributed by atoms with van der Waals surface area (Å²) in [6, 6.07) is 0.0378. The predicted molar refractivity (Wildman–Crippen MR) is 94.2 cm³/mol. The molecule has 25 heavy (non-hydrogen) atoms. The van der Waals surface area contributed by atoms with Crippen LogP contribution in [0.25, 0.3) is 0 Å². The Morgan fingerprint density at radius 2 is 2.36 bits per heavy atom. The van der Waals surface area contributed by atoms with Gasteiger partial charge >= 0.3 is 0 Å². The van der Waals surface area contributed by atoms with Crippen molar-refractivity contribution in [2.75, 3.05) is 13.2 Å². The third-order valence-electron chi connectivity index (χ3n) is 4.11. The van der Waals surface area contributed by atoms with Crippen LogP contribution in [-0.2, 0) is 4.74 Å². The molecule has 3 rings (SSSR count). The first-order valence-corrected chi connectivity index (χ1v) is 8.58. The first kappa shape index (κ1) is 17.9. The van der Waals surface area contributed by atoms with E-state index < -0.39 is 13.0 Å². The summed E-state index contributed by atoms with van der Waals surface area (Å²) in [6.07, 6.45) is 8.84. The van der Waals surface area contributed by atoms with E-state index >= 15 is 0 Å². The molecule has 1 N–H and O–H groups in total. The third kappa shape index (κ3) is 4.60. The molecule has 0 aromatic heterocycles. The molecular formula is C18H20ClF2N3O. The zero-order valence-corrected chi connectivity index (χ0v) is 14.6. The fourth-order valence-electron chi connectivity index (χ4n) is 2.98. The fraction of sp³-hybridized carbons (Fsp3) is 0.444. The van der Waals surface area contributed by atoms with Gasteiger partial charge in [0.25, 0.3) is 6.43 Å². The quantitative estimate of drug-likeness (QED) is 0.591. The maximum atomic E-state index is 12.3. The zero-order chi connectivity index (χ0) is 17.8. The molecule has 3 aliphatic rings. The number of nitrogens with zero attached hydrogens (tertiary/aromatic N) is 2. The molecule has 0 bridgehead atoms. The van der Waals surface area contributed by atoms with Crippen LogP contribution in [0.2, 0.25) is 0 Å². The van der Waals surface area contributed by atoms with E-state index in [1.807, 2.05) is 24.2 Å². The van der Waals surface area contributed by atoms with Gasteiger partial charge in [0.1, 0.15) is 0 Å². The number of alkyl halides is 2. The Kier molecular flexibility index (Phi) is 5.74. The number of halogens is 3. The van der Waals surface area contributed by atoms with Crippen LogP contribution in [0, 0.1) is 5.92 Å². The number of fused-ring (bicyclic) bond motifs is 1. The van der Waals surface area contributed by atoms with Gasteiger partial charge in [-0.3, -0.25) is 0 Å². The van der Waals surface area contributed by atoms with Gasteiger partial charge in [-0.15, -0.1) is 5.73 Å². The molecule has 2 unspecified atom stereocenters. The molecule has 0 spiro atoms. The molecule has 1 aliphatic carbocycles. The minimum absolute atomic E-state index is 0.0378. The summed E-state index contributed by atoms with van der Waals surface area (Å²) < 4.78 is 29.5. The van der Waals surface area contributed by atoms with Crippen molar-refractivity contribution < 1.29 is 13.5 Å². The minimum atomic E-state index is -2.50. The van der Waals surface area contributed by atoms with Gasteiger partial charge in [-0.1, -0.05) is 23.8 Å². The maximum Gasteiger partial charge on any atom is 0.272 e. The van der Waals surface area contributed by atoms with Crippen molar-refractivity contribution in [3.05, 3.63) is 52.2 Å². The van der Waals surface area contributed by atoms with Crippen LogP contribution in [0.3, 0.4) is 0 Å². The molecule has 0 aromatic rings. The van der Waals surface area contributed by atoms with Gasteiger partial charge in [0, 0.05) is 30.5 Å². The molecule has 0 saturated carbocycles. The number of rotatable bonds is 5. The molecule has 134 valence electrons. The summed E-state index contributed by atoms with van der Waals surface area (Å²) >= 11 is 6.30. The maximum absolute atomic E-state index is 12.3. The van der Waals surface area contributed by atoms with E-state index in [4.69, 9.17) is 16.3 Å². The lowest BCUT2D eigenvalue weighted by atomic mass is 9.99. The second kappa shape index (κ2) is 8.00. The topological polar surface area (TPSA) is 36.9 Å². The Hall–Kier alpha value is -1.88. The van der Waals surface area contributed by atoms with Gasteiger partial charge in [0.05, 0.1) is 11.1 Å². The number of aliphatic imine (C=N–C) groups is 1. The SMILES string of the molecule is CC1=C(OCC(F)F)N=CC(CN2C=C3C(Cl)=C=CC/C=C\C3N2)C1. The summed E-state index contributed by atoms with van der Waals surface area (Å²) in [5.74, 6) is 0.472. The summed E-state index contributed by atoms with van der Waals surface area (Å²) in [5.41, 5.74) is 8.33. The fourth-order valence-corrected chi connectivity index (χ4v) is 3.22. The lowest BCUT2D eigenvalue weighted by molar-refractivity contribution is 0.0464. The highest BCUT2D eigenvalue weighted by molar-refractivity contribution is 6.32. The van der Waals surface area contributed by atoms with Crippen molar-refractivity contribution >= 4 is 17.8 Å². The van der Waals surface area contributed by atoms with E-state index in [0.717, 1.165) is 17.6 Å². The van der Waals surface area contributed by atoms with Crippen LogP contribution < -0.4 is 5.43 Å². The monoisotopic (exact) mass is 367 g/mol. The van der Waals surface area contributed by atoms with Crippen molar-refractivity contribution in [3.63, 3.8) is 0 Å². The van der Waals surface area contributed by atoms with Gasteiger partial charge in [-0.25, -0.2) is 19.2 Å². The highest BCUT2D eigenvalue weighted by Gasteiger charge is 2.27. The van der Waals surface area contributed by atoms with Crippen molar-refractivity contribution in [3.8, 4) is 0 Å². The van der Waals surface area contributed by atoms with Crippen LogP contribution in [0.4, 0.5) is 8.78 Å². The highest BCUT2D eigenvalue weighted by Crippen LogP contribution is 2.27. The second-order valence-electron chi connectivity index (χ2n) is 6.20. The van der Waals surface area contributed by atoms with E-state index in [1.165, 1.54) is 0 Å². The summed E-state index contributed by atoms with van der Waals surface area (Å²) in [7, 11) is 0. The lowest BCUT2D eigenvalue weighted by Gasteiger charge is -2.25. The Morgan fingerprint density at radius 1 is 1.52 bits per heavy atom. The summed E-state index contributed by atoms with van der Waals surface area (Å²) in [4.78, 5) is 4.20.